The summed E-state index contributed by atoms with van der Waals surface area (Å²) in [4.78, 5) is 39.7. The van der Waals surface area contributed by atoms with E-state index in [0.29, 0.717) is 22.5 Å². The van der Waals surface area contributed by atoms with Crippen LogP contribution in [-0.4, -0.2) is 33.0 Å². The van der Waals surface area contributed by atoms with Gasteiger partial charge in [-0.15, -0.1) is 0 Å². The molecule has 0 radical (unpaired) electrons. The maximum absolute atomic E-state index is 12.4. The molecular weight excluding hydrogens is 372 g/mol. The predicted molar refractivity (Wildman–Crippen MR) is 111 cm³/mol. The third kappa shape index (κ3) is 3.70. The van der Waals surface area contributed by atoms with Crippen LogP contribution in [0, 0.1) is 6.92 Å². The zero-order valence-corrected chi connectivity index (χ0v) is 16.0. The van der Waals surface area contributed by atoms with E-state index in [1.807, 2.05) is 25.1 Å². The summed E-state index contributed by atoms with van der Waals surface area (Å²) in [5.74, 6) is 1.03. The molecule has 0 saturated carbocycles. The van der Waals surface area contributed by atoms with Gasteiger partial charge in [-0.2, -0.15) is 0 Å². The van der Waals surface area contributed by atoms with Crippen molar-refractivity contribution >= 4 is 45.3 Å². The Kier molecular flexibility index (Phi) is 4.55. The van der Waals surface area contributed by atoms with Crippen molar-refractivity contribution in [1.82, 2.24) is 19.9 Å². The summed E-state index contributed by atoms with van der Waals surface area (Å²) in [5.41, 5.74) is 2.17. The molecule has 0 fully saturated rings. The molecule has 1 amide bonds. The highest BCUT2D eigenvalue weighted by atomic mass is 16.5. The van der Waals surface area contributed by atoms with Gasteiger partial charge in [-0.25, -0.2) is 15.0 Å². The van der Waals surface area contributed by atoms with Crippen molar-refractivity contribution in [3.05, 3.63) is 52.4 Å². The molecule has 0 aliphatic carbocycles. The van der Waals surface area contributed by atoms with Gasteiger partial charge in [0.15, 0.2) is 0 Å². The fourth-order valence-corrected chi connectivity index (χ4v) is 3.03. The summed E-state index contributed by atoms with van der Waals surface area (Å²) in [6, 6.07) is 10.4. The number of H-pyrrole nitrogens is 1. The predicted octanol–water partition coefficient (Wildman–Crippen LogP) is 2.89. The quantitative estimate of drug-likeness (QED) is 0.490. The Bertz CT molecular complexity index is 1320. The number of amides is 1. The molecule has 2 aromatic heterocycles. The molecule has 4 rings (SSSR count). The third-order valence-electron chi connectivity index (χ3n) is 4.35. The van der Waals surface area contributed by atoms with E-state index in [4.69, 9.17) is 4.74 Å². The normalized spacial score (nSPS) is 10.9. The second-order valence-electron chi connectivity index (χ2n) is 6.47. The van der Waals surface area contributed by atoms with Gasteiger partial charge in [0.1, 0.15) is 5.75 Å². The molecule has 146 valence electrons. The highest BCUT2D eigenvalue weighted by Gasteiger charge is 2.10. The van der Waals surface area contributed by atoms with E-state index in [9.17, 15) is 9.59 Å². The van der Waals surface area contributed by atoms with Gasteiger partial charge in [0.05, 0.1) is 29.2 Å². The van der Waals surface area contributed by atoms with E-state index >= 15 is 0 Å². The number of hydrogen-bond donors (Lipinski definition) is 3. The molecule has 0 aliphatic rings. The monoisotopic (exact) mass is 390 g/mol. The molecule has 4 aromatic rings. The zero-order chi connectivity index (χ0) is 20.5. The fraction of sp³-hybridized carbons (Fsp3) is 0.150. The standard InChI is InChI=1S/C20H18N6O3/c1-10-15-9-13(29-3)5-7-16(15)23-19(21-10)26-20-24-17-8-12(22-11(2)27)4-6-14(17)18(28)25-20/h4-9H,1-3H3,(H,22,27)(H2,21,23,24,25,26,28). The van der Waals surface area contributed by atoms with E-state index in [1.165, 1.54) is 6.92 Å². The number of nitrogens with one attached hydrogen (secondary N) is 3. The number of hydrogen-bond acceptors (Lipinski definition) is 7. The number of methoxy groups -OCH3 is 1. The second kappa shape index (κ2) is 7.19. The molecule has 0 spiro atoms. The first-order chi connectivity index (χ1) is 13.9. The molecule has 0 aliphatic heterocycles. The minimum absolute atomic E-state index is 0.203. The SMILES string of the molecule is COc1ccc2nc(Nc3nc4cc(NC(C)=O)ccc4c(=O)[nH]3)nc(C)c2c1. The summed E-state index contributed by atoms with van der Waals surface area (Å²) in [7, 11) is 1.60. The number of anilines is 3. The molecule has 0 unspecified atom stereocenters. The lowest BCUT2D eigenvalue weighted by Gasteiger charge is -2.09. The Balaban J connectivity index is 1.73. The molecule has 2 heterocycles. The van der Waals surface area contributed by atoms with Crippen LogP contribution in [0.25, 0.3) is 21.8 Å². The lowest BCUT2D eigenvalue weighted by atomic mass is 10.2. The van der Waals surface area contributed by atoms with Crippen LogP contribution in [0.3, 0.4) is 0 Å². The number of rotatable bonds is 4. The topological polar surface area (TPSA) is 122 Å². The largest absolute Gasteiger partial charge is 0.497 e. The number of aryl methyl sites for hydroxylation is 1. The molecule has 0 bridgehead atoms. The van der Waals surface area contributed by atoms with Crippen molar-refractivity contribution in [3.63, 3.8) is 0 Å². The van der Waals surface area contributed by atoms with Crippen LogP contribution in [0.4, 0.5) is 17.6 Å². The van der Waals surface area contributed by atoms with Crippen molar-refractivity contribution in [2.24, 2.45) is 0 Å². The van der Waals surface area contributed by atoms with Crippen LogP contribution in [0.15, 0.2) is 41.2 Å². The summed E-state index contributed by atoms with van der Waals surface area (Å²) in [5, 5.41) is 6.91. The van der Waals surface area contributed by atoms with E-state index in [1.54, 1.807) is 25.3 Å². The van der Waals surface area contributed by atoms with Gasteiger partial charge in [-0.05, 0) is 43.3 Å². The number of aromatic nitrogens is 4. The van der Waals surface area contributed by atoms with E-state index in [0.717, 1.165) is 22.3 Å². The van der Waals surface area contributed by atoms with Crippen LogP contribution < -0.4 is 20.9 Å². The number of nitrogens with zero attached hydrogens (tertiary/aromatic N) is 3. The first kappa shape index (κ1) is 18.4. The smallest absolute Gasteiger partial charge is 0.260 e. The van der Waals surface area contributed by atoms with Crippen molar-refractivity contribution in [2.75, 3.05) is 17.7 Å². The van der Waals surface area contributed by atoms with E-state index in [2.05, 4.69) is 30.6 Å². The first-order valence-corrected chi connectivity index (χ1v) is 8.84. The van der Waals surface area contributed by atoms with Crippen LogP contribution in [0.1, 0.15) is 12.6 Å². The van der Waals surface area contributed by atoms with Crippen LogP contribution in [-0.2, 0) is 4.79 Å². The molecule has 3 N–H and O–H groups in total. The average Bonchev–Trinajstić information content (AvgIpc) is 2.67. The minimum atomic E-state index is -0.311. The number of carbonyl (C=O) groups excluding carboxylic acids is 1. The number of fused-ring (bicyclic) bond motifs is 2. The van der Waals surface area contributed by atoms with Crippen molar-refractivity contribution < 1.29 is 9.53 Å². The minimum Gasteiger partial charge on any atom is -0.497 e. The van der Waals surface area contributed by atoms with Gasteiger partial charge in [-0.1, -0.05) is 0 Å². The van der Waals surface area contributed by atoms with E-state index < -0.39 is 0 Å². The zero-order valence-electron chi connectivity index (χ0n) is 16.0. The van der Waals surface area contributed by atoms with Gasteiger partial charge < -0.3 is 10.1 Å². The fourth-order valence-electron chi connectivity index (χ4n) is 3.03. The van der Waals surface area contributed by atoms with Crippen LogP contribution in [0.2, 0.25) is 0 Å². The maximum atomic E-state index is 12.4. The number of aromatic amines is 1. The number of benzene rings is 2. The molecule has 0 saturated heterocycles. The van der Waals surface area contributed by atoms with Gasteiger partial charge in [0.25, 0.3) is 5.56 Å². The summed E-state index contributed by atoms with van der Waals surface area (Å²) >= 11 is 0. The Labute approximate surface area is 165 Å². The highest BCUT2D eigenvalue weighted by Crippen LogP contribution is 2.23. The third-order valence-corrected chi connectivity index (χ3v) is 4.35. The Morgan fingerprint density at radius 2 is 1.86 bits per heavy atom. The average molecular weight is 390 g/mol. The summed E-state index contributed by atoms with van der Waals surface area (Å²) in [6.07, 6.45) is 0. The Morgan fingerprint density at radius 3 is 2.62 bits per heavy atom. The van der Waals surface area contributed by atoms with Crippen LogP contribution in [0.5, 0.6) is 5.75 Å². The second-order valence-corrected chi connectivity index (χ2v) is 6.47. The molecule has 2 aromatic carbocycles. The van der Waals surface area contributed by atoms with Crippen molar-refractivity contribution in [2.45, 2.75) is 13.8 Å². The lowest BCUT2D eigenvalue weighted by Crippen LogP contribution is -2.13. The Hall–Kier alpha value is -4.01. The highest BCUT2D eigenvalue weighted by molar-refractivity contribution is 5.92. The molecule has 29 heavy (non-hydrogen) atoms. The first-order valence-electron chi connectivity index (χ1n) is 8.84. The maximum Gasteiger partial charge on any atom is 0.260 e. The van der Waals surface area contributed by atoms with Gasteiger partial charge in [-0.3, -0.25) is 19.9 Å². The van der Waals surface area contributed by atoms with Gasteiger partial charge >= 0.3 is 0 Å². The number of carbonyl (C=O) groups is 1. The van der Waals surface area contributed by atoms with Crippen molar-refractivity contribution in [1.29, 1.82) is 0 Å². The summed E-state index contributed by atoms with van der Waals surface area (Å²) in [6.45, 7) is 3.28. The van der Waals surface area contributed by atoms with Crippen molar-refractivity contribution in [3.8, 4) is 5.75 Å². The molecule has 9 heteroatoms. The van der Waals surface area contributed by atoms with Gasteiger partial charge in [0.2, 0.25) is 17.8 Å². The van der Waals surface area contributed by atoms with Gasteiger partial charge in [0, 0.05) is 18.0 Å². The van der Waals surface area contributed by atoms with Crippen LogP contribution >= 0.6 is 0 Å². The Morgan fingerprint density at radius 1 is 1.03 bits per heavy atom. The number of ether oxygens (including phenoxy) is 1. The summed E-state index contributed by atoms with van der Waals surface area (Å²) < 4.78 is 5.24. The molecular formula is C20H18N6O3. The lowest BCUT2D eigenvalue weighted by molar-refractivity contribution is -0.114. The molecule has 0 atom stereocenters. The molecule has 9 nitrogen and oxygen atoms in total. The van der Waals surface area contributed by atoms with E-state index in [-0.39, 0.29) is 17.4 Å².